The molecule has 23 heavy (non-hydrogen) atoms. The van der Waals surface area contributed by atoms with E-state index in [0.29, 0.717) is 5.69 Å². The topological polar surface area (TPSA) is 103 Å². The quantitative estimate of drug-likeness (QED) is 0.898. The largest absolute Gasteiger partial charge is 0.364 e. The first-order valence-electron chi connectivity index (χ1n) is 7.32. The lowest BCUT2D eigenvalue weighted by Gasteiger charge is -2.17. The fourth-order valence-corrected chi connectivity index (χ4v) is 2.65. The van der Waals surface area contributed by atoms with Crippen LogP contribution in [0, 0.1) is 27.7 Å². The third-order valence-corrected chi connectivity index (χ3v) is 3.83. The molecule has 2 aromatic rings. The Kier molecular flexibility index (Phi) is 4.49. The summed E-state index contributed by atoms with van der Waals surface area (Å²) >= 11 is 0. The van der Waals surface area contributed by atoms with Crippen molar-refractivity contribution >= 4 is 17.5 Å². The molecule has 0 saturated carbocycles. The van der Waals surface area contributed by atoms with E-state index in [1.165, 1.54) is 4.68 Å². The van der Waals surface area contributed by atoms with Gasteiger partial charge in [0.15, 0.2) is 5.69 Å². The summed E-state index contributed by atoms with van der Waals surface area (Å²) < 4.78 is 1.40. The molecule has 2 rings (SSSR count). The molecule has 122 valence electrons. The minimum Gasteiger partial charge on any atom is -0.364 e. The SMILES string of the molecule is Cc1cc(C)c(NC(=O)C(C)n2nnc(C(N)=O)c2C)c(C)c1. The van der Waals surface area contributed by atoms with Gasteiger partial charge in [-0.2, -0.15) is 0 Å². The summed E-state index contributed by atoms with van der Waals surface area (Å²) in [7, 11) is 0. The van der Waals surface area contributed by atoms with Crippen molar-refractivity contribution < 1.29 is 9.59 Å². The minimum atomic E-state index is -0.661. The number of carbonyl (C=O) groups excluding carboxylic acids is 2. The number of amides is 2. The number of nitrogens with zero attached hydrogens (tertiary/aromatic N) is 3. The summed E-state index contributed by atoms with van der Waals surface area (Å²) in [6.45, 7) is 9.27. The van der Waals surface area contributed by atoms with Gasteiger partial charge in [0.05, 0.1) is 5.69 Å². The molecule has 1 heterocycles. The Labute approximate surface area is 134 Å². The van der Waals surface area contributed by atoms with Crippen LogP contribution in [0.4, 0.5) is 5.69 Å². The van der Waals surface area contributed by atoms with E-state index in [1.54, 1.807) is 13.8 Å². The van der Waals surface area contributed by atoms with Crippen LogP contribution in [0.2, 0.25) is 0 Å². The van der Waals surface area contributed by atoms with E-state index in [2.05, 4.69) is 15.6 Å². The maximum atomic E-state index is 12.5. The number of nitrogens with two attached hydrogens (primary N) is 1. The number of aryl methyl sites for hydroxylation is 3. The second-order valence-electron chi connectivity index (χ2n) is 5.77. The molecule has 0 bridgehead atoms. The van der Waals surface area contributed by atoms with Crippen LogP contribution in [-0.4, -0.2) is 26.8 Å². The smallest absolute Gasteiger partial charge is 0.271 e. The van der Waals surface area contributed by atoms with Crippen LogP contribution < -0.4 is 11.1 Å². The molecular formula is C16H21N5O2. The highest BCUT2D eigenvalue weighted by atomic mass is 16.2. The monoisotopic (exact) mass is 315 g/mol. The highest BCUT2D eigenvalue weighted by Gasteiger charge is 2.23. The number of aromatic nitrogens is 3. The Morgan fingerprint density at radius 1 is 1.17 bits per heavy atom. The van der Waals surface area contributed by atoms with E-state index in [9.17, 15) is 9.59 Å². The molecular weight excluding hydrogens is 294 g/mol. The Bertz CT molecular complexity index is 756. The number of primary amides is 1. The minimum absolute atomic E-state index is 0.0762. The van der Waals surface area contributed by atoms with Crippen molar-refractivity contribution in [2.75, 3.05) is 5.32 Å². The van der Waals surface area contributed by atoms with Gasteiger partial charge in [0, 0.05) is 5.69 Å². The number of benzene rings is 1. The second-order valence-corrected chi connectivity index (χ2v) is 5.77. The molecule has 7 nitrogen and oxygen atoms in total. The molecule has 1 atom stereocenters. The number of nitrogens with one attached hydrogen (secondary N) is 1. The zero-order valence-corrected chi connectivity index (χ0v) is 14.0. The molecule has 2 amide bonds. The van der Waals surface area contributed by atoms with Gasteiger partial charge in [-0.05, 0) is 45.7 Å². The average molecular weight is 315 g/mol. The number of rotatable bonds is 4. The molecule has 0 radical (unpaired) electrons. The van der Waals surface area contributed by atoms with Gasteiger partial charge in [-0.15, -0.1) is 5.10 Å². The Balaban J connectivity index is 2.26. The first-order chi connectivity index (χ1) is 10.7. The van der Waals surface area contributed by atoms with E-state index in [-0.39, 0.29) is 11.6 Å². The standard InChI is InChI=1S/C16H21N5O2/c1-8-6-9(2)13(10(3)7-8)18-16(23)12(5)21-11(4)14(15(17)22)19-20-21/h6-7,12H,1-5H3,(H2,17,22)(H,18,23). The fraction of sp³-hybridized carbons (Fsp3) is 0.375. The van der Waals surface area contributed by atoms with Crippen molar-refractivity contribution in [1.29, 1.82) is 0 Å². The molecule has 0 spiro atoms. The van der Waals surface area contributed by atoms with E-state index in [1.807, 2.05) is 32.9 Å². The van der Waals surface area contributed by atoms with Crippen LogP contribution in [0.1, 0.15) is 45.8 Å². The molecule has 3 N–H and O–H groups in total. The van der Waals surface area contributed by atoms with Gasteiger partial charge in [-0.1, -0.05) is 22.9 Å². The molecule has 7 heteroatoms. The van der Waals surface area contributed by atoms with Gasteiger partial charge in [-0.3, -0.25) is 9.59 Å². The number of carbonyl (C=O) groups is 2. The van der Waals surface area contributed by atoms with Crippen LogP contribution >= 0.6 is 0 Å². The summed E-state index contributed by atoms with van der Waals surface area (Å²) in [5.41, 5.74) is 9.70. The lowest BCUT2D eigenvalue weighted by Crippen LogP contribution is -2.26. The Morgan fingerprint density at radius 2 is 1.74 bits per heavy atom. The predicted octanol–water partition coefficient (Wildman–Crippen LogP) is 1.81. The van der Waals surface area contributed by atoms with Crippen LogP contribution in [0.15, 0.2) is 12.1 Å². The number of hydrogen-bond donors (Lipinski definition) is 2. The zero-order chi connectivity index (χ0) is 17.3. The zero-order valence-electron chi connectivity index (χ0n) is 14.0. The summed E-state index contributed by atoms with van der Waals surface area (Å²) in [5, 5.41) is 10.5. The van der Waals surface area contributed by atoms with Crippen molar-refractivity contribution in [1.82, 2.24) is 15.0 Å². The van der Waals surface area contributed by atoms with Crippen LogP contribution in [-0.2, 0) is 4.79 Å². The normalized spacial score (nSPS) is 12.0. The van der Waals surface area contributed by atoms with E-state index in [4.69, 9.17) is 5.73 Å². The summed E-state index contributed by atoms with van der Waals surface area (Å²) in [6, 6.07) is 3.41. The third kappa shape index (κ3) is 3.23. The number of hydrogen-bond acceptors (Lipinski definition) is 4. The highest BCUT2D eigenvalue weighted by molar-refractivity contribution is 5.95. The molecule has 1 unspecified atom stereocenters. The molecule has 0 saturated heterocycles. The fourth-order valence-electron chi connectivity index (χ4n) is 2.65. The molecule has 1 aromatic heterocycles. The Hall–Kier alpha value is -2.70. The van der Waals surface area contributed by atoms with E-state index in [0.717, 1.165) is 22.4 Å². The van der Waals surface area contributed by atoms with Crippen molar-refractivity contribution in [2.45, 2.75) is 40.7 Å². The van der Waals surface area contributed by atoms with Gasteiger partial charge in [-0.25, -0.2) is 4.68 Å². The predicted molar refractivity (Wildman–Crippen MR) is 87.3 cm³/mol. The first kappa shape index (κ1) is 16.7. The van der Waals surface area contributed by atoms with E-state index < -0.39 is 11.9 Å². The van der Waals surface area contributed by atoms with Crippen LogP contribution in [0.5, 0.6) is 0 Å². The second kappa shape index (κ2) is 6.20. The summed E-state index contributed by atoms with van der Waals surface area (Å²) in [5.74, 6) is -0.893. The maximum absolute atomic E-state index is 12.5. The first-order valence-corrected chi connectivity index (χ1v) is 7.32. The molecule has 0 aliphatic carbocycles. The maximum Gasteiger partial charge on any atom is 0.271 e. The number of anilines is 1. The highest BCUT2D eigenvalue weighted by Crippen LogP contribution is 2.23. The molecule has 0 fully saturated rings. The van der Waals surface area contributed by atoms with Gasteiger partial charge >= 0.3 is 0 Å². The van der Waals surface area contributed by atoms with Crippen molar-refractivity contribution in [2.24, 2.45) is 5.73 Å². The van der Waals surface area contributed by atoms with Gasteiger partial charge in [0.1, 0.15) is 6.04 Å². The average Bonchev–Trinajstić information content (AvgIpc) is 2.83. The lowest BCUT2D eigenvalue weighted by atomic mass is 10.0. The van der Waals surface area contributed by atoms with Gasteiger partial charge in [0.25, 0.3) is 5.91 Å². The van der Waals surface area contributed by atoms with Crippen LogP contribution in [0.3, 0.4) is 0 Å². The summed E-state index contributed by atoms with van der Waals surface area (Å²) in [6.07, 6.45) is 0. The lowest BCUT2D eigenvalue weighted by molar-refractivity contribution is -0.119. The van der Waals surface area contributed by atoms with Crippen molar-refractivity contribution in [3.8, 4) is 0 Å². The molecule has 1 aromatic carbocycles. The Morgan fingerprint density at radius 3 is 2.22 bits per heavy atom. The van der Waals surface area contributed by atoms with Gasteiger partial charge < -0.3 is 11.1 Å². The van der Waals surface area contributed by atoms with Crippen molar-refractivity contribution in [3.05, 3.63) is 40.2 Å². The van der Waals surface area contributed by atoms with E-state index >= 15 is 0 Å². The van der Waals surface area contributed by atoms with Gasteiger partial charge in [0.2, 0.25) is 5.91 Å². The summed E-state index contributed by atoms with van der Waals surface area (Å²) in [4.78, 5) is 23.8. The van der Waals surface area contributed by atoms with Crippen molar-refractivity contribution in [3.63, 3.8) is 0 Å². The third-order valence-electron chi connectivity index (χ3n) is 3.83. The van der Waals surface area contributed by atoms with Crippen LogP contribution in [0.25, 0.3) is 0 Å². The molecule has 0 aliphatic rings. The molecule has 0 aliphatic heterocycles.